The maximum atomic E-state index is 12.5. The average molecular weight is 333 g/mol. The first kappa shape index (κ1) is 17.0. The molecule has 2 aromatic carbocycles. The SMILES string of the molecule is Cc1ccc(-c2cc(C)nn2CC(=O)Nc2ccc(C)c(C)c2)cc1. The summed E-state index contributed by atoms with van der Waals surface area (Å²) in [7, 11) is 0. The van der Waals surface area contributed by atoms with E-state index in [1.807, 2.05) is 38.1 Å². The fourth-order valence-corrected chi connectivity index (χ4v) is 2.78. The van der Waals surface area contributed by atoms with Gasteiger partial charge in [0.05, 0.1) is 11.4 Å². The number of rotatable bonds is 4. The van der Waals surface area contributed by atoms with Crippen LogP contribution in [0.5, 0.6) is 0 Å². The summed E-state index contributed by atoms with van der Waals surface area (Å²) >= 11 is 0. The average Bonchev–Trinajstić information content (AvgIpc) is 2.92. The van der Waals surface area contributed by atoms with Crippen molar-refractivity contribution in [2.24, 2.45) is 0 Å². The molecule has 0 aliphatic rings. The molecule has 0 saturated heterocycles. The van der Waals surface area contributed by atoms with Crippen LogP contribution in [0.2, 0.25) is 0 Å². The molecule has 0 bridgehead atoms. The minimum atomic E-state index is -0.0836. The van der Waals surface area contributed by atoms with Gasteiger partial charge in [0.1, 0.15) is 6.54 Å². The Kier molecular flexibility index (Phi) is 4.70. The molecule has 25 heavy (non-hydrogen) atoms. The van der Waals surface area contributed by atoms with E-state index in [4.69, 9.17) is 0 Å². The molecule has 0 radical (unpaired) electrons. The first-order valence-corrected chi connectivity index (χ1v) is 8.41. The molecule has 4 heteroatoms. The number of nitrogens with zero attached hydrogens (tertiary/aromatic N) is 2. The topological polar surface area (TPSA) is 46.9 Å². The van der Waals surface area contributed by atoms with Crippen molar-refractivity contribution >= 4 is 11.6 Å². The van der Waals surface area contributed by atoms with Crippen molar-refractivity contribution in [3.05, 3.63) is 70.9 Å². The van der Waals surface area contributed by atoms with Gasteiger partial charge in [-0.05, 0) is 62.6 Å². The zero-order valence-corrected chi connectivity index (χ0v) is 15.1. The molecule has 3 rings (SSSR count). The Hall–Kier alpha value is -2.88. The highest BCUT2D eigenvalue weighted by Crippen LogP contribution is 2.21. The molecular formula is C21H23N3O. The summed E-state index contributed by atoms with van der Waals surface area (Å²) in [4.78, 5) is 12.5. The molecule has 4 nitrogen and oxygen atoms in total. The maximum absolute atomic E-state index is 12.5. The number of aryl methyl sites for hydroxylation is 4. The summed E-state index contributed by atoms with van der Waals surface area (Å²) in [5.41, 5.74) is 7.30. The van der Waals surface area contributed by atoms with E-state index in [2.05, 4.69) is 48.5 Å². The Bertz CT molecular complexity index is 907. The number of carbonyl (C=O) groups is 1. The van der Waals surface area contributed by atoms with Crippen LogP contribution in [0.15, 0.2) is 48.5 Å². The molecule has 1 heterocycles. The third-order valence-corrected chi connectivity index (χ3v) is 4.33. The van der Waals surface area contributed by atoms with E-state index in [-0.39, 0.29) is 12.5 Å². The first-order valence-electron chi connectivity index (χ1n) is 8.41. The van der Waals surface area contributed by atoms with E-state index in [0.717, 1.165) is 28.2 Å². The van der Waals surface area contributed by atoms with Crippen LogP contribution in [-0.2, 0) is 11.3 Å². The molecule has 3 aromatic rings. The number of benzene rings is 2. The summed E-state index contributed by atoms with van der Waals surface area (Å²) in [6, 6.07) is 16.2. The monoisotopic (exact) mass is 333 g/mol. The third-order valence-electron chi connectivity index (χ3n) is 4.33. The normalized spacial score (nSPS) is 10.7. The Labute approximate surface area is 148 Å². The lowest BCUT2D eigenvalue weighted by Gasteiger charge is -2.10. The Balaban J connectivity index is 1.79. The van der Waals surface area contributed by atoms with Crippen molar-refractivity contribution in [1.29, 1.82) is 0 Å². The molecule has 128 valence electrons. The number of hydrogen-bond acceptors (Lipinski definition) is 2. The standard InChI is InChI=1S/C21H23N3O/c1-14-5-8-18(9-6-14)20-12-17(4)23-24(20)13-21(25)22-19-10-7-15(2)16(3)11-19/h5-12H,13H2,1-4H3,(H,22,25). The van der Waals surface area contributed by atoms with Gasteiger partial charge in [0, 0.05) is 5.69 Å². The van der Waals surface area contributed by atoms with Crippen molar-refractivity contribution < 1.29 is 4.79 Å². The molecule has 0 atom stereocenters. The zero-order chi connectivity index (χ0) is 18.0. The van der Waals surface area contributed by atoms with E-state index < -0.39 is 0 Å². The van der Waals surface area contributed by atoms with Crippen molar-refractivity contribution in [3.8, 4) is 11.3 Å². The summed E-state index contributed by atoms with van der Waals surface area (Å²) < 4.78 is 1.76. The number of amides is 1. The van der Waals surface area contributed by atoms with Gasteiger partial charge in [-0.15, -0.1) is 0 Å². The fraction of sp³-hybridized carbons (Fsp3) is 0.238. The van der Waals surface area contributed by atoms with Crippen LogP contribution in [0.4, 0.5) is 5.69 Å². The van der Waals surface area contributed by atoms with Crippen LogP contribution >= 0.6 is 0 Å². The van der Waals surface area contributed by atoms with Crippen molar-refractivity contribution in [3.63, 3.8) is 0 Å². The molecule has 0 aliphatic heterocycles. The predicted molar refractivity (Wildman–Crippen MR) is 102 cm³/mol. The van der Waals surface area contributed by atoms with E-state index in [1.54, 1.807) is 4.68 Å². The molecule has 0 saturated carbocycles. The van der Waals surface area contributed by atoms with Gasteiger partial charge in [-0.3, -0.25) is 9.48 Å². The molecule has 0 aliphatic carbocycles. The van der Waals surface area contributed by atoms with Crippen LogP contribution in [0.1, 0.15) is 22.4 Å². The van der Waals surface area contributed by atoms with E-state index in [0.29, 0.717) is 0 Å². The van der Waals surface area contributed by atoms with E-state index >= 15 is 0 Å². The Morgan fingerprint density at radius 1 is 0.960 bits per heavy atom. The number of nitrogens with one attached hydrogen (secondary N) is 1. The molecular weight excluding hydrogens is 310 g/mol. The predicted octanol–water partition coefficient (Wildman–Crippen LogP) is 4.42. The molecule has 1 N–H and O–H groups in total. The molecule has 1 aromatic heterocycles. The highest BCUT2D eigenvalue weighted by atomic mass is 16.2. The second-order valence-electron chi connectivity index (χ2n) is 6.54. The summed E-state index contributed by atoms with van der Waals surface area (Å²) in [5.74, 6) is -0.0836. The minimum Gasteiger partial charge on any atom is -0.324 e. The van der Waals surface area contributed by atoms with E-state index in [9.17, 15) is 4.79 Å². The maximum Gasteiger partial charge on any atom is 0.246 e. The van der Waals surface area contributed by atoms with Gasteiger partial charge >= 0.3 is 0 Å². The van der Waals surface area contributed by atoms with Gasteiger partial charge in [-0.2, -0.15) is 5.10 Å². The highest BCUT2D eigenvalue weighted by Gasteiger charge is 2.12. The smallest absolute Gasteiger partial charge is 0.246 e. The summed E-state index contributed by atoms with van der Waals surface area (Å²) in [5, 5.41) is 7.43. The van der Waals surface area contributed by atoms with Crippen LogP contribution in [-0.4, -0.2) is 15.7 Å². The van der Waals surface area contributed by atoms with Gasteiger partial charge in [0.15, 0.2) is 0 Å². The fourth-order valence-electron chi connectivity index (χ4n) is 2.78. The second kappa shape index (κ2) is 6.93. The van der Waals surface area contributed by atoms with Crippen LogP contribution in [0, 0.1) is 27.7 Å². The lowest BCUT2D eigenvalue weighted by atomic mass is 10.1. The van der Waals surface area contributed by atoms with Gasteiger partial charge in [-0.25, -0.2) is 0 Å². The van der Waals surface area contributed by atoms with Crippen molar-refractivity contribution in [2.45, 2.75) is 34.2 Å². The summed E-state index contributed by atoms with van der Waals surface area (Å²) in [6.07, 6.45) is 0. The van der Waals surface area contributed by atoms with Gasteiger partial charge in [-0.1, -0.05) is 35.9 Å². The molecule has 0 spiro atoms. The van der Waals surface area contributed by atoms with Crippen molar-refractivity contribution in [2.75, 3.05) is 5.32 Å². The van der Waals surface area contributed by atoms with E-state index in [1.165, 1.54) is 11.1 Å². The zero-order valence-electron chi connectivity index (χ0n) is 15.1. The number of aromatic nitrogens is 2. The lowest BCUT2D eigenvalue weighted by Crippen LogP contribution is -2.20. The third kappa shape index (κ3) is 3.97. The molecule has 0 unspecified atom stereocenters. The lowest BCUT2D eigenvalue weighted by molar-refractivity contribution is -0.116. The largest absolute Gasteiger partial charge is 0.324 e. The number of anilines is 1. The van der Waals surface area contributed by atoms with Gasteiger partial charge in [0.25, 0.3) is 0 Å². The first-order chi connectivity index (χ1) is 11.9. The van der Waals surface area contributed by atoms with Gasteiger partial charge in [0.2, 0.25) is 5.91 Å². The van der Waals surface area contributed by atoms with Gasteiger partial charge < -0.3 is 5.32 Å². The molecule has 1 amide bonds. The highest BCUT2D eigenvalue weighted by molar-refractivity contribution is 5.91. The second-order valence-corrected chi connectivity index (χ2v) is 6.54. The quantitative estimate of drug-likeness (QED) is 0.768. The minimum absolute atomic E-state index is 0.0836. The molecule has 0 fully saturated rings. The summed E-state index contributed by atoms with van der Waals surface area (Å²) in [6.45, 7) is 8.28. The van der Waals surface area contributed by atoms with Crippen LogP contribution in [0.25, 0.3) is 11.3 Å². The van der Waals surface area contributed by atoms with Crippen LogP contribution in [0.3, 0.4) is 0 Å². The Morgan fingerprint density at radius 3 is 2.36 bits per heavy atom. The number of hydrogen-bond donors (Lipinski definition) is 1. The Morgan fingerprint density at radius 2 is 1.68 bits per heavy atom. The number of carbonyl (C=O) groups excluding carboxylic acids is 1. The van der Waals surface area contributed by atoms with Crippen molar-refractivity contribution in [1.82, 2.24) is 9.78 Å². The van der Waals surface area contributed by atoms with Crippen LogP contribution < -0.4 is 5.32 Å².